The molecule has 5 rings (SSSR count). The third kappa shape index (κ3) is 4.13. The summed E-state index contributed by atoms with van der Waals surface area (Å²) in [5.41, 5.74) is 1.64. The van der Waals surface area contributed by atoms with E-state index in [-0.39, 0.29) is 23.7 Å². The molecule has 14 heteroatoms. The maximum absolute atomic E-state index is 13.0. The number of hydrogen-bond donors (Lipinski definition) is 0. The first-order valence-electron chi connectivity index (χ1n) is 10.6. The molecule has 1 aliphatic rings. The number of aromatic nitrogens is 5. The highest BCUT2D eigenvalue weighted by molar-refractivity contribution is 7.89. The zero-order chi connectivity index (χ0) is 24.6. The van der Waals surface area contributed by atoms with Gasteiger partial charge in [0.2, 0.25) is 10.0 Å². The fraction of sp³-hybridized carbons (Fsp3) is 0.238. The van der Waals surface area contributed by atoms with Crippen molar-refractivity contribution in [1.82, 2.24) is 29.3 Å². The lowest BCUT2D eigenvalue weighted by atomic mass is 10.3. The Morgan fingerprint density at radius 1 is 0.971 bits per heavy atom. The second-order valence-corrected chi connectivity index (χ2v) is 9.65. The first-order chi connectivity index (χ1) is 16.9. The summed E-state index contributed by atoms with van der Waals surface area (Å²) in [6.07, 6.45) is 1.43. The largest absolute Gasteiger partial charge is 0.497 e. The van der Waals surface area contributed by atoms with Gasteiger partial charge in [0, 0.05) is 38.3 Å². The quantitative estimate of drug-likeness (QED) is 0.285. The highest BCUT2D eigenvalue weighted by atomic mass is 32.2. The normalized spacial score (nSPS) is 14.8. The van der Waals surface area contributed by atoms with Crippen molar-refractivity contribution in [2.24, 2.45) is 0 Å². The van der Waals surface area contributed by atoms with Crippen molar-refractivity contribution < 1.29 is 18.1 Å². The minimum absolute atomic E-state index is 0.0170. The number of piperazine rings is 1. The molecule has 0 saturated carbocycles. The van der Waals surface area contributed by atoms with Crippen LogP contribution in [0.1, 0.15) is 0 Å². The van der Waals surface area contributed by atoms with Crippen molar-refractivity contribution in [3.05, 3.63) is 65.0 Å². The predicted octanol–water partition coefficient (Wildman–Crippen LogP) is 1.64. The summed E-state index contributed by atoms with van der Waals surface area (Å²) in [4.78, 5) is 21.0. The maximum atomic E-state index is 13.0. The second-order valence-electron chi connectivity index (χ2n) is 7.71. The van der Waals surface area contributed by atoms with Crippen molar-refractivity contribution in [3.63, 3.8) is 0 Å². The van der Waals surface area contributed by atoms with Gasteiger partial charge in [0.05, 0.1) is 22.6 Å². The Morgan fingerprint density at radius 2 is 1.66 bits per heavy atom. The average Bonchev–Trinajstić information content (AvgIpc) is 3.33. The molecule has 0 amide bonds. The summed E-state index contributed by atoms with van der Waals surface area (Å²) in [5.74, 6) is 1.29. The average molecular weight is 497 g/mol. The number of fused-ring (bicyclic) bond motifs is 1. The number of nitrogens with zero attached hydrogens (tertiary/aromatic N) is 8. The Kier molecular flexibility index (Phi) is 5.74. The van der Waals surface area contributed by atoms with Crippen LogP contribution in [0.2, 0.25) is 0 Å². The monoisotopic (exact) mass is 496 g/mol. The van der Waals surface area contributed by atoms with Gasteiger partial charge in [0.1, 0.15) is 12.1 Å². The Labute approximate surface area is 199 Å². The van der Waals surface area contributed by atoms with Crippen LogP contribution >= 0.6 is 0 Å². The van der Waals surface area contributed by atoms with E-state index in [4.69, 9.17) is 4.74 Å². The molecule has 0 bridgehead atoms. The van der Waals surface area contributed by atoms with Crippen molar-refractivity contribution in [2.45, 2.75) is 4.90 Å². The summed E-state index contributed by atoms with van der Waals surface area (Å²) in [6.45, 7) is 1.20. The van der Waals surface area contributed by atoms with Gasteiger partial charge in [-0.3, -0.25) is 10.1 Å². The number of benzene rings is 2. The van der Waals surface area contributed by atoms with Crippen molar-refractivity contribution in [1.29, 1.82) is 0 Å². The van der Waals surface area contributed by atoms with Gasteiger partial charge in [-0.25, -0.2) is 18.4 Å². The maximum Gasteiger partial charge on any atom is 0.269 e. The number of sulfonamides is 1. The summed E-state index contributed by atoms with van der Waals surface area (Å²) < 4.78 is 34.2. The fourth-order valence-electron chi connectivity index (χ4n) is 3.89. The number of nitro benzene ring substituents is 1. The molecule has 4 aromatic rings. The smallest absolute Gasteiger partial charge is 0.269 e. The molecule has 13 nitrogen and oxygen atoms in total. The van der Waals surface area contributed by atoms with Gasteiger partial charge in [-0.15, -0.1) is 5.10 Å². The van der Waals surface area contributed by atoms with Crippen LogP contribution < -0.4 is 9.64 Å². The summed E-state index contributed by atoms with van der Waals surface area (Å²) in [5, 5.41) is 19.4. The van der Waals surface area contributed by atoms with E-state index in [1.54, 1.807) is 11.8 Å². The molecule has 1 fully saturated rings. The van der Waals surface area contributed by atoms with E-state index in [9.17, 15) is 18.5 Å². The Balaban J connectivity index is 1.35. The molecule has 2 aromatic heterocycles. The lowest BCUT2D eigenvalue weighted by Gasteiger charge is -2.34. The fourth-order valence-corrected chi connectivity index (χ4v) is 5.32. The van der Waals surface area contributed by atoms with E-state index in [1.807, 2.05) is 29.2 Å². The van der Waals surface area contributed by atoms with E-state index >= 15 is 0 Å². The van der Waals surface area contributed by atoms with Crippen LogP contribution in [0.15, 0.2) is 59.8 Å². The van der Waals surface area contributed by atoms with E-state index in [0.29, 0.717) is 30.1 Å². The molecule has 35 heavy (non-hydrogen) atoms. The van der Waals surface area contributed by atoms with Gasteiger partial charge in [-0.05, 0) is 36.4 Å². The van der Waals surface area contributed by atoms with Crippen LogP contribution in [0.4, 0.5) is 11.5 Å². The standard InChI is InChI=1S/C21H20N8O5S/c1-34-17-6-2-15(3-7-17)28-21-19(24-25-28)20(22-14-23-21)26-10-12-27(13-11-26)35(32,33)18-8-4-16(5-9-18)29(30)31/h2-9,14H,10-13H2,1H3. The molecule has 3 heterocycles. The van der Waals surface area contributed by atoms with E-state index in [0.717, 1.165) is 11.4 Å². The van der Waals surface area contributed by atoms with Crippen molar-refractivity contribution in [2.75, 3.05) is 38.2 Å². The molecule has 1 aliphatic heterocycles. The minimum atomic E-state index is -3.78. The number of methoxy groups -OCH3 is 1. The van der Waals surface area contributed by atoms with Gasteiger partial charge in [0.25, 0.3) is 5.69 Å². The highest BCUT2D eigenvalue weighted by Gasteiger charge is 2.30. The molecule has 0 spiro atoms. The third-order valence-corrected chi connectivity index (χ3v) is 7.67. The SMILES string of the molecule is COc1ccc(-n2nnc3c(N4CCN(S(=O)(=O)c5ccc([N+](=O)[O-])cc5)CC4)ncnc32)cc1. The molecule has 0 aliphatic carbocycles. The van der Waals surface area contributed by atoms with Gasteiger partial charge in [-0.2, -0.15) is 8.99 Å². The molecule has 0 unspecified atom stereocenters. The van der Waals surface area contributed by atoms with E-state index < -0.39 is 14.9 Å². The number of nitro groups is 1. The lowest BCUT2D eigenvalue weighted by Crippen LogP contribution is -2.49. The molecular formula is C21H20N8O5S. The number of hydrogen-bond acceptors (Lipinski definition) is 10. The summed E-state index contributed by atoms with van der Waals surface area (Å²) in [6, 6.07) is 12.2. The molecule has 1 saturated heterocycles. The van der Waals surface area contributed by atoms with Crippen LogP contribution in [0.25, 0.3) is 16.9 Å². The third-order valence-electron chi connectivity index (χ3n) is 5.76. The second kappa shape index (κ2) is 8.88. The van der Waals surface area contributed by atoms with Gasteiger partial charge >= 0.3 is 0 Å². The van der Waals surface area contributed by atoms with Crippen LogP contribution in [-0.2, 0) is 10.0 Å². The van der Waals surface area contributed by atoms with Crippen LogP contribution in [-0.4, -0.2) is 75.9 Å². The zero-order valence-electron chi connectivity index (χ0n) is 18.6. The zero-order valence-corrected chi connectivity index (χ0v) is 19.4. The van der Waals surface area contributed by atoms with Crippen molar-refractivity contribution >= 4 is 32.7 Å². The molecule has 0 atom stereocenters. The van der Waals surface area contributed by atoms with E-state index in [1.165, 1.54) is 34.9 Å². The summed E-state index contributed by atoms with van der Waals surface area (Å²) >= 11 is 0. The highest BCUT2D eigenvalue weighted by Crippen LogP contribution is 2.26. The Morgan fingerprint density at radius 3 is 2.29 bits per heavy atom. The van der Waals surface area contributed by atoms with Crippen LogP contribution in [0.3, 0.4) is 0 Å². The predicted molar refractivity (Wildman–Crippen MR) is 125 cm³/mol. The van der Waals surface area contributed by atoms with Crippen LogP contribution in [0.5, 0.6) is 5.75 Å². The first kappa shape index (κ1) is 22.6. The topological polar surface area (TPSA) is 149 Å². The first-order valence-corrected chi connectivity index (χ1v) is 12.0. The molecular weight excluding hydrogens is 476 g/mol. The van der Waals surface area contributed by atoms with Crippen LogP contribution in [0, 0.1) is 10.1 Å². The molecule has 2 aromatic carbocycles. The van der Waals surface area contributed by atoms with Gasteiger partial charge < -0.3 is 9.64 Å². The van der Waals surface area contributed by atoms with Gasteiger partial charge in [0.15, 0.2) is 17.0 Å². The molecule has 0 N–H and O–H groups in total. The number of anilines is 1. The van der Waals surface area contributed by atoms with Crippen molar-refractivity contribution in [3.8, 4) is 11.4 Å². The number of non-ortho nitro benzene ring substituents is 1. The van der Waals surface area contributed by atoms with E-state index in [2.05, 4.69) is 20.3 Å². The Bertz CT molecular complexity index is 1480. The lowest BCUT2D eigenvalue weighted by molar-refractivity contribution is -0.384. The molecule has 0 radical (unpaired) electrons. The number of ether oxygens (including phenoxy) is 1. The summed E-state index contributed by atoms with van der Waals surface area (Å²) in [7, 11) is -2.19. The molecule has 180 valence electrons. The Hall–Kier alpha value is -4.17. The minimum Gasteiger partial charge on any atom is -0.497 e. The number of rotatable bonds is 6. The van der Waals surface area contributed by atoms with Gasteiger partial charge in [-0.1, -0.05) is 5.21 Å².